The summed E-state index contributed by atoms with van der Waals surface area (Å²) < 4.78 is 5.56. The fourth-order valence-corrected chi connectivity index (χ4v) is 2.11. The molecule has 2 rings (SSSR count). The van der Waals surface area contributed by atoms with Crippen molar-refractivity contribution in [3.63, 3.8) is 0 Å². The zero-order chi connectivity index (χ0) is 14.2. The molecule has 0 spiro atoms. The molecule has 2 aromatic rings. The van der Waals surface area contributed by atoms with Gasteiger partial charge in [0.25, 0.3) is 0 Å². The number of hydrogen-bond donors (Lipinski definition) is 1. The number of benzene rings is 2. The molecule has 0 unspecified atom stereocenters. The maximum absolute atomic E-state index is 6.12. The van der Waals surface area contributed by atoms with Gasteiger partial charge in [-0.25, -0.2) is 0 Å². The van der Waals surface area contributed by atoms with Crippen LogP contribution >= 0.6 is 11.6 Å². The van der Waals surface area contributed by atoms with Crippen molar-refractivity contribution in [3.05, 3.63) is 64.7 Å². The molecule has 0 aromatic heterocycles. The Morgan fingerprint density at radius 3 is 2.45 bits per heavy atom. The van der Waals surface area contributed by atoms with Crippen molar-refractivity contribution in [2.75, 3.05) is 6.61 Å². The molecule has 0 heterocycles. The minimum Gasteiger partial charge on any atom is -0.494 e. The van der Waals surface area contributed by atoms with E-state index in [1.165, 1.54) is 5.56 Å². The Bertz CT molecular complexity index is 525. The van der Waals surface area contributed by atoms with Gasteiger partial charge in [0.15, 0.2) is 0 Å². The third-order valence-corrected chi connectivity index (χ3v) is 3.37. The number of nitrogens with one attached hydrogen (secondary N) is 1. The highest BCUT2D eigenvalue weighted by Gasteiger charge is 1.99. The predicted molar refractivity (Wildman–Crippen MR) is 84.2 cm³/mol. The third-order valence-electron chi connectivity index (χ3n) is 3.00. The zero-order valence-electron chi connectivity index (χ0n) is 11.7. The van der Waals surface area contributed by atoms with Gasteiger partial charge in [0.2, 0.25) is 0 Å². The maximum atomic E-state index is 6.12. The average molecular weight is 290 g/mol. The van der Waals surface area contributed by atoms with E-state index in [4.69, 9.17) is 16.3 Å². The second kappa shape index (κ2) is 7.93. The number of halogens is 1. The first-order valence-corrected chi connectivity index (χ1v) is 7.33. The third kappa shape index (κ3) is 4.55. The second-order valence-corrected chi connectivity index (χ2v) is 5.09. The Balaban J connectivity index is 1.81. The molecule has 0 aliphatic rings. The summed E-state index contributed by atoms with van der Waals surface area (Å²) in [6.07, 6.45) is 1.03. The van der Waals surface area contributed by atoms with Crippen LogP contribution in [0, 0.1) is 0 Å². The van der Waals surface area contributed by atoms with E-state index in [0.29, 0.717) is 0 Å². The second-order valence-electron chi connectivity index (χ2n) is 4.69. The SMILES string of the molecule is CCCOc1ccc(CNCc2ccccc2Cl)cc1. The lowest BCUT2D eigenvalue weighted by Gasteiger charge is -2.08. The molecule has 0 saturated heterocycles. The van der Waals surface area contributed by atoms with E-state index in [1.54, 1.807) is 0 Å². The van der Waals surface area contributed by atoms with E-state index in [2.05, 4.69) is 24.4 Å². The highest BCUT2D eigenvalue weighted by atomic mass is 35.5. The topological polar surface area (TPSA) is 21.3 Å². The molecule has 0 atom stereocenters. The van der Waals surface area contributed by atoms with Crippen LogP contribution in [0.4, 0.5) is 0 Å². The first-order chi connectivity index (χ1) is 9.79. The normalized spacial score (nSPS) is 10.5. The molecule has 106 valence electrons. The van der Waals surface area contributed by atoms with Crippen LogP contribution in [-0.4, -0.2) is 6.61 Å². The standard InChI is InChI=1S/C17H20ClNO/c1-2-11-20-16-9-7-14(8-10-16)12-19-13-15-5-3-4-6-17(15)18/h3-10,19H,2,11-13H2,1H3. The molecule has 0 radical (unpaired) electrons. The fraction of sp³-hybridized carbons (Fsp3) is 0.294. The Morgan fingerprint density at radius 1 is 1.00 bits per heavy atom. The van der Waals surface area contributed by atoms with Gasteiger partial charge in [0.1, 0.15) is 5.75 Å². The maximum Gasteiger partial charge on any atom is 0.119 e. The summed E-state index contributed by atoms with van der Waals surface area (Å²) in [6.45, 7) is 4.46. The summed E-state index contributed by atoms with van der Waals surface area (Å²) >= 11 is 6.12. The molecule has 1 N–H and O–H groups in total. The van der Waals surface area contributed by atoms with E-state index in [9.17, 15) is 0 Å². The van der Waals surface area contributed by atoms with E-state index < -0.39 is 0 Å². The Labute approximate surface area is 125 Å². The van der Waals surface area contributed by atoms with Crippen molar-refractivity contribution in [1.82, 2.24) is 5.32 Å². The molecule has 2 nitrogen and oxygen atoms in total. The molecule has 0 aliphatic heterocycles. The first-order valence-electron chi connectivity index (χ1n) is 6.95. The lowest BCUT2D eigenvalue weighted by atomic mass is 10.2. The average Bonchev–Trinajstić information content (AvgIpc) is 2.48. The minimum absolute atomic E-state index is 0.768. The van der Waals surface area contributed by atoms with Crippen LogP contribution < -0.4 is 10.1 Å². The summed E-state index contributed by atoms with van der Waals surface area (Å²) in [5, 5.41) is 4.20. The van der Waals surface area contributed by atoms with Crippen molar-refractivity contribution in [2.24, 2.45) is 0 Å². The largest absolute Gasteiger partial charge is 0.494 e. The first kappa shape index (κ1) is 14.9. The monoisotopic (exact) mass is 289 g/mol. The summed E-state index contributed by atoms with van der Waals surface area (Å²) in [6, 6.07) is 16.1. The summed E-state index contributed by atoms with van der Waals surface area (Å²) in [4.78, 5) is 0. The van der Waals surface area contributed by atoms with Crippen molar-refractivity contribution >= 4 is 11.6 Å². The zero-order valence-corrected chi connectivity index (χ0v) is 12.5. The fourth-order valence-electron chi connectivity index (χ4n) is 1.91. The quantitative estimate of drug-likeness (QED) is 0.815. The van der Waals surface area contributed by atoms with Gasteiger partial charge in [0, 0.05) is 18.1 Å². The number of rotatable bonds is 7. The number of ether oxygens (including phenoxy) is 1. The van der Waals surface area contributed by atoms with Gasteiger partial charge >= 0.3 is 0 Å². The minimum atomic E-state index is 0.768. The molecule has 20 heavy (non-hydrogen) atoms. The molecule has 0 fully saturated rings. The highest BCUT2D eigenvalue weighted by molar-refractivity contribution is 6.31. The van der Waals surface area contributed by atoms with E-state index in [-0.39, 0.29) is 0 Å². The van der Waals surface area contributed by atoms with Crippen LogP contribution in [0.25, 0.3) is 0 Å². The van der Waals surface area contributed by atoms with Gasteiger partial charge in [-0.05, 0) is 35.7 Å². The Kier molecular flexibility index (Phi) is 5.90. The number of hydrogen-bond acceptors (Lipinski definition) is 2. The van der Waals surface area contributed by atoms with Gasteiger partial charge in [-0.1, -0.05) is 48.9 Å². The molecular formula is C17H20ClNO. The smallest absolute Gasteiger partial charge is 0.119 e. The van der Waals surface area contributed by atoms with Gasteiger partial charge in [-0.3, -0.25) is 0 Å². The van der Waals surface area contributed by atoms with Crippen LogP contribution in [0.2, 0.25) is 5.02 Å². The van der Waals surface area contributed by atoms with E-state index >= 15 is 0 Å². The van der Waals surface area contributed by atoms with Gasteiger partial charge in [0.05, 0.1) is 6.61 Å². The summed E-state index contributed by atoms with van der Waals surface area (Å²) in [5.41, 5.74) is 2.36. The van der Waals surface area contributed by atoms with E-state index in [1.807, 2.05) is 36.4 Å². The highest BCUT2D eigenvalue weighted by Crippen LogP contribution is 2.15. The lowest BCUT2D eigenvalue weighted by Crippen LogP contribution is -2.12. The molecule has 2 aromatic carbocycles. The Hall–Kier alpha value is -1.51. The van der Waals surface area contributed by atoms with Crippen LogP contribution in [-0.2, 0) is 13.1 Å². The van der Waals surface area contributed by atoms with Crippen molar-refractivity contribution in [1.29, 1.82) is 0 Å². The van der Waals surface area contributed by atoms with Crippen LogP contribution in [0.15, 0.2) is 48.5 Å². The van der Waals surface area contributed by atoms with Gasteiger partial charge in [-0.2, -0.15) is 0 Å². The van der Waals surface area contributed by atoms with E-state index in [0.717, 1.165) is 42.5 Å². The summed E-state index contributed by atoms with van der Waals surface area (Å²) in [7, 11) is 0. The van der Waals surface area contributed by atoms with Gasteiger partial charge < -0.3 is 10.1 Å². The molecule has 0 aliphatic carbocycles. The Morgan fingerprint density at radius 2 is 1.75 bits per heavy atom. The van der Waals surface area contributed by atoms with Gasteiger partial charge in [-0.15, -0.1) is 0 Å². The molecule has 0 saturated carbocycles. The van der Waals surface area contributed by atoms with Crippen molar-refractivity contribution < 1.29 is 4.74 Å². The van der Waals surface area contributed by atoms with Crippen molar-refractivity contribution in [3.8, 4) is 5.75 Å². The van der Waals surface area contributed by atoms with Crippen LogP contribution in [0.1, 0.15) is 24.5 Å². The summed E-state index contributed by atoms with van der Waals surface area (Å²) in [5.74, 6) is 0.932. The molecule has 0 amide bonds. The lowest BCUT2D eigenvalue weighted by molar-refractivity contribution is 0.317. The molecular weight excluding hydrogens is 270 g/mol. The van der Waals surface area contributed by atoms with Crippen LogP contribution in [0.3, 0.4) is 0 Å². The molecule has 3 heteroatoms. The van der Waals surface area contributed by atoms with Crippen molar-refractivity contribution in [2.45, 2.75) is 26.4 Å². The van der Waals surface area contributed by atoms with Crippen LogP contribution in [0.5, 0.6) is 5.75 Å². The molecule has 0 bridgehead atoms. The predicted octanol–water partition coefficient (Wildman–Crippen LogP) is 4.42.